The topological polar surface area (TPSA) is 57.2 Å². The number of para-hydroxylation sites is 2. The van der Waals surface area contributed by atoms with Crippen molar-refractivity contribution in [2.75, 3.05) is 20.6 Å². The number of hydrogen-bond donors (Lipinski definition) is 2. The quantitative estimate of drug-likeness (QED) is 0.696. The molecule has 0 amide bonds. The van der Waals surface area contributed by atoms with Crippen LogP contribution in [0.4, 0.5) is 0 Å². The fraction of sp³-hybridized carbons (Fsp3) is 0.350. The van der Waals surface area contributed by atoms with Gasteiger partial charge in [-0.05, 0) is 44.8 Å². The Morgan fingerprint density at radius 3 is 2.20 bits per heavy atom. The standard InChI is InChI=1S/C20H26N4O/c1-22(2)13-8-14-23-17-11-6-7-12-18(17)24(20(23)21)15-19(25)16-9-4-3-5-10-16/h3-7,9-12,19,21,25H,8,13-15H2,1-2H3/t19-/m0/s1. The first-order valence-corrected chi connectivity index (χ1v) is 8.68. The zero-order chi connectivity index (χ0) is 17.8. The molecule has 25 heavy (non-hydrogen) atoms. The molecule has 0 unspecified atom stereocenters. The van der Waals surface area contributed by atoms with Crippen LogP contribution in [0.5, 0.6) is 0 Å². The van der Waals surface area contributed by atoms with Gasteiger partial charge in [-0.15, -0.1) is 0 Å². The fourth-order valence-electron chi connectivity index (χ4n) is 3.20. The highest BCUT2D eigenvalue weighted by Gasteiger charge is 2.14. The molecule has 2 N–H and O–H groups in total. The molecule has 132 valence electrons. The van der Waals surface area contributed by atoms with Crippen LogP contribution in [0.15, 0.2) is 54.6 Å². The average molecular weight is 338 g/mol. The maximum absolute atomic E-state index is 10.6. The van der Waals surface area contributed by atoms with Crippen molar-refractivity contribution in [3.8, 4) is 0 Å². The molecular formula is C20H26N4O. The number of fused-ring (bicyclic) bond motifs is 1. The lowest BCUT2D eigenvalue weighted by atomic mass is 10.1. The van der Waals surface area contributed by atoms with Gasteiger partial charge in [-0.25, -0.2) is 0 Å². The van der Waals surface area contributed by atoms with E-state index in [-0.39, 0.29) is 0 Å². The van der Waals surface area contributed by atoms with Crippen LogP contribution in [0.2, 0.25) is 0 Å². The van der Waals surface area contributed by atoms with Crippen molar-refractivity contribution in [1.82, 2.24) is 14.0 Å². The highest BCUT2D eigenvalue weighted by Crippen LogP contribution is 2.18. The minimum absolute atomic E-state index is 0.379. The predicted molar refractivity (Wildman–Crippen MR) is 100 cm³/mol. The predicted octanol–water partition coefficient (Wildman–Crippen LogP) is 2.61. The zero-order valence-corrected chi connectivity index (χ0v) is 14.9. The Kier molecular flexibility index (Phi) is 5.36. The summed E-state index contributed by atoms with van der Waals surface area (Å²) >= 11 is 0. The molecule has 0 saturated heterocycles. The van der Waals surface area contributed by atoms with Gasteiger partial charge in [0, 0.05) is 6.54 Å². The van der Waals surface area contributed by atoms with Crippen LogP contribution in [0.3, 0.4) is 0 Å². The lowest BCUT2D eigenvalue weighted by Crippen LogP contribution is -2.27. The summed E-state index contributed by atoms with van der Waals surface area (Å²) in [6.07, 6.45) is 0.357. The highest BCUT2D eigenvalue weighted by molar-refractivity contribution is 5.75. The molecule has 0 aliphatic heterocycles. The zero-order valence-electron chi connectivity index (χ0n) is 14.9. The summed E-state index contributed by atoms with van der Waals surface area (Å²) in [6.45, 7) is 2.16. The number of hydrogen-bond acceptors (Lipinski definition) is 3. The van der Waals surface area contributed by atoms with E-state index in [0.717, 1.165) is 36.1 Å². The maximum Gasteiger partial charge on any atom is 0.203 e. The molecule has 0 spiro atoms. The molecule has 5 heteroatoms. The van der Waals surface area contributed by atoms with Crippen LogP contribution in [0.1, 0.15) is 18.1 Å². The first kappa shape index (κ1) is 17.5. The van der Waals surface area contributed by atoms with Crippen molar-refractivity contribution < 1.29 is 5.11 Å². The highest BCUT2D eigenvalue weighted by atomic mass is 16.3. The number of nitrogens with zero attached hydrogens (tertiary/aromatic N) is 3. The minimum Gasteiger partial charge on any atom is -0.387 e. The molecule has 1 heterocycles. The Morgan fingerprint density at radius 2 is 1.56 bits per heavy atom. The molecule has 3 rings (SSSR count). The number of nitrogens with one attached hydrogen (secondary N) is 1. The summed E-state index contributed by atoms with van der Waals surface area (Å²) in [4.78, 5) is 2.16. The van der Waals surface area contributed by atoms with E-state index in [9.17, 15) is 5.11 Å². The van der Waals surface area contributed by atoms with E-state index in [4.69, 9.17) is 5.41 Å². The van der Waals surface area contributed by atoms with Gasteiger partial charge in [-0.1, -0.05) is 42.5 Å². The van der Waals surface area contributed by atoms with E-state index < -0.39 is 6.10 Å². The van der Waals surface area contributed by atoms with E-state index in [2.05, 4.69) is 25.1 Å². The fourth-order valence-corrected chi connectivity index (χ4v) is 3.20. The molecule has 0 saturated carbocycles. The van der Waals surface area contributed by atoms with Gasteiger partial charge >= 0.3 is 0 Å². The first-order chi connectivity index (χ1) is 12.1. The number of aliphatic hydroxyl groups excluding tert-OH is 1. The molecule has 1 atom stereocenters. The van der Waals surface area contributed by atoms with Crippen LogP contribution in [-0.2, 0) is 13.1 Å². The van der Waals surface area contributed by atoms with Gasteiger partial charge in [0.25, 0.3) is 0 Å². The van der Waals surface area contributed by atoms with E-state index in [1.54, 1.807) is 0 Å². The van der Waals surface area contributed by atoms with Gasteiger partial charge in [-0.3, -0.25) is 5.41 Å². The van der Waals surface area contributed by atoms with Crippen LogP contribution in [0.25, 0.3) is 11.0 Å². The van der Waals surface area contributed by atoms with E-state index in [0.29, 0.717) is 12.2 Å². The number of rotatable bonds is 7. The molecule has 0 aliphatic rings. The maximum atomic E-state index is 10.6. The number of imidazole rings is 1. The number of aliphatic hydroxyl groups is 1. The Hall–Kier alpha value is -2.37. The number of aromatic nitrogens is 2. The first-order valence-electron chi connectivity index (χ1n) is 8.68. The summed E-state index contributed by atoms with van der Waals surface area (Å²) < 4.78 is 3.94. The van der Waals surface area contributed by atoms with Crippen molar-refractivity contribution in [3.63, 3.8) is 0 Å². The van der Waals surface area contributed by atoms with Crippen molar-refractivity contribution in [2.24, 2.45) is 0 Å². The SMILES string of the molecule is CN(C)CCCn1c(=N)n(C[C@H](O)c2ccccc2)c2ccccc21. The Labute approximate surface area is 148 Å². The van der Waals surface area contributed by atoms with Crippen molar-refractivity contribution in [1.29, 1.82) is 5.41 Å². The van der Waals surface area contributed by atoms with Gasteiger partial charge in [0.15, 0.2) is 0 Å². The normalized spacial score (nSPS) is 12.8. The second kappa shape index (κ2) is 7.68. The number of benzene rings is 2. The van der Waals surface area contributed by atoms with Crippen molar-refractivity contribution in [3.05, 3.63) is 65.8 Å². The molecule has 0 fully saturated rings. The van der Waals surface area contributed by atoms with Crippen LogP contribution in [-0.4, -0.2) is 39.8 Å². The second-order valence-electron chi connectivity index (χ2n) is 6.66. The Balaban J connectivity index is 1.92. The van der Waals surface area contributed by atoms with Gasteiger partial charge in [0.2, 0.25) is 5.62 Å². The van der Waals surface area contributed by atoms with Gasteiger partial charge in [0.1, 0.15) is 0 Å². The third-order valence-electron chi connectivity index (χ3n) is 4.50. The smallest absolute Gasteiger partial charge is 0.203 e. The Morgan fingerprint density at radius 1 is 0.960 bits per heavy atom. The van der Waals surface area contributed by atoms with E-state index in [1.807, 2.05) is 57.7 Å². The van der Waals surface area contributed by atoms with E-state index in [1.165, 1.54) is 0 Å². The van der Waals surface area contributed by atoms with Crippen molar-refractivity contribution >= 4 is 11.0 Å². The minimum atomic E-state index is -0.628. The molecule has 0 bridgehead atoms. The largest absolute Gasteiger partial charge is 0.387 e. The van der Waals surface area contributed by atoms with Crippen LogP contribution in [0, 0.1) is 5.41 Å². The molecule has 0 radical (unpaired) electrons. The summed E-state index contributed by atoms with van der Waals surface area (Å²) in [6, 6.07) is 17.7. The second-order valence-corrected chi connectivity index (χ2v) is 6.66. The summed E-state index contributed by atoms with van der Waals surface area (Å²) in [5, 5.41) is 19.2. The molecule has 3 aromatic rings. The molecule has 5 nitrogen and oxygen atoms in total. The molecular weight excluding hydrogens is 312 g/mol. The van der Waals surface area contributed by atoms with Crippen LogP contribution < -0.4 is 5.62 Å². The monoisotopic (exact) mass is 338 g/mol. The summed E-state index contributed by atoms with van der Waals surface area (Å²) in [5.74, 6) is 0. The lowest BCUT2D eigenvalue weighted by Gasteiger charge is -2.13. The number of aryl methyl sites for hydroxylation is 1. The third-order valence-corrected chi connectivity index (χ3v) is 4.50. The molecule has 1 aromatic heterocycles. The third kappa shape index (κ3) is 3.83. The lowest BCUT2D eigenvalue weighted by molar-refractivity contribution is 0.155. The Bertz CT molecular complexity index is 880. The van der Waals surface area contributed by atoms with Crippen LogP contribution >= 0.6 is 0 Å². The van der Waals surface area contributed by atoms with Crippen molar-refractivity contribution in [2.45, 2.75) is 25.6 Å². The van der Waals surface area contributed by atoms with E-state index >= 15 is 0 Å². The summed E-state index contributed by atoms with van der Waals surface area (Å²) in [7, 11) is 4.12. The average Bonchev–Trinajstić information content (AvgIpc) is 2.88. The molecule has 2 aromatic carbocycles. The molecule has 0 aliphatic carbocycles. The summed E-state index contributed by atoms with van der Waals surface area (Å²) in [5.41, 5.74) is 3.35. The van der Waals surface area contributed by atoms with Gasteiger partial charge in [-0.2, -0.15) is 0 Å². The van der Waals surface area contributed by atoms with Gasteiger partial charge < -0.3 is 19.1 Å². The van der Waals surface area contributed by atoms with Gasteiger partial charge in [0.05, 0.1) is 23.7 Å².